The van der Waals surface area contributed by atoms with Crippen LogP contribution in [0.15, 0.2) is 53.4 Å². The molecule has 0 saturated carbocycles. The van der Waals surface area contributed by atoms with Gasteiger partial charge in [-0.2, -0.15) is 0 Å². The summed E-state index contributed by atoms with van der Waals surface area (Å²) < 4.78 is 7.18. The Morgan fingerprint density at radius 2 is 2.16 bits per heavy atom. The highest BCUT2D eigenvalue weighted by atomic mass is 16.4. The van der Waals surface area contributed by atoms with Gasteiger partial charge in [-0.05, 0) is 30.3 Å². The van der Waals surface area contributed by atoms with Crippen LogP contribution in [0, 0.1) is 5.92 Å². The van der Waals surface area contributed by atoms with Gasteiger partial charge >= 0.3 is 5.97 Å². The third-order valence-electron chi connectivity index (χ3n) is 3.98. The molecule has 0 bridgehead atoms. The van der Waals surface area contributed by atoms with Gasteiger partial charge in [-0.25, -0.2) is 9.78 Å². The number of rotatable bonds is 7. The van der Waals surface area contributed by atoms with Crippen molar-refractivity contribution in [1.82, 2.24) is 9.55 Å². The number of phenols is 1. The molecule has 1 aromatic carbocycles. The molecule has 25 heavy (non-hydrogen) atoms. The molecule has 0 amide bonds. The van der Waals surface area contributed by atoms with Crippen LogP contribution in [0.25, 0.3) is 11.4 Å². The van der Waals surface area contributed by atoms with Gasteiger partial charge in [0.15, 0.2) is 0 Å². The first-order valence-electron chi connectivity index (χ1n) is 7.79. The SMILES string of the molecule is O=C(O)c1cc(-c2nccn2C[C@H](CO)Cc2ccco2)ccc1O. The highest BCUT2D eigenvalue weighted by molar-refractivity contribution is 5.92. The van der Waals surface area contributed by atoms with Gasteiger partial charge < -0.3 is 24.3 Å². The van der Waals surface area contributed by atoms with Crippen LogP contribution in [0.4, 0.5) is 0 Å². The zero-order chi connectivity index (χ0) is 17.8. The molecule has 2 aromatic heterocycles. The zero-order valence-electron chi connectivity index (χ0n) is 13.4. The smallest absolute Gasteiger partial charge is 0.339 e. The fourth-order valence-electron chi connectivity index (χ4n) is 2.74. The molecular formula is C18H18N2O5. The minimum atomic E-state index is -1.21. The van der Waals surface area contributed by atoms with Crippen molar-refractivity contribution in [2.75, 3.05) is 6.61 Å². The van der Waals surface area contributed by atoms with Gasteiger partial charge in [0.25, 0.3) is 0 Å². The first-order chi connectivity index (χ1) is 12.1. The van der Waals surface area contributed by atoms with Crippen molar-refractivity contribution in [2.24, 2.45) is 5.92 Å². The summed E-state index contributed by atoms with van der Waals surface area (Å²) >= 11 is 0. The summed E-state index contributed by atoms with van der Waals surface area (Å²) in [6, 6.07) is 8.00. The largest absolute Gasteiger partial charge is 0.507 e. The predicted octanol–water partition coefficient (Wildman–Crippen LogP) is 2.40. The van der Waals surface area contributed by atoms with Gasteiger partial charge in [0.05, 0.1) is 6.26 Å². The Morgan fingerprint density at radius 3 is 2.84 bits per heavy atom. The van der Waals surface area contributed by atoms with Crippen molar-refractivity contribution in [1.29, 1.82) is 0 Å². The molecule has 7 heteroatoms. The third kappa shape index (κ3) is 3.72. The molecule has 0 saturated heterocycles. The fraction of sp³-hybridized carbons (Fsp3) is 0.222. The summed E-state index contributed by atoms with van der Waals surface area (Å²) in [4.78, 5) is 15.5. The number of carbonyl (C=O) groups is 1. The Balaban J connectivity index is 1.85. The maximum Gasteiger partial charge on any atom is 0.339 e. The number of carboxylic acid groups (broad SMARTS) is 1. The molecule has 1 atom stereocenters. The topological polar surface area (TPSA) is 109 Å². The Morgan fingerprint density at radius 1 is 1.32 bits per heavy atom. The molecule has 0 fully saturated rings. The van der Waals surface area contributed by atoms with Crippen LogP contribution in [-0.2, 0) is 13.0 Å². The van der Waals surface area contributed by atoms with E-state index in [0.717, 1.165) is 5.76 Å². The number of aliphatic hydroxyl groups is 1. The molecule has 0 aliphatic rings. The number of aliphatic hydroxyl groups excluding tert-OH is 1. The van der Waals surface area contributed by atoms with E-state index >= 15 is 0 Å². The number of benzene rings is 1. The molecule has 0 aliphatic heterocycles. The number of imidazole rings is 1. The van der Waals surface area contributed by atoms with E-state index in [1.54, 1.807) is 30.8 Å². The molecule has 2 heterocycles. The Labute approximate surface area is 143 Å². The van der Waals surface area contributed by atoms with Crippen LogP contribution >= 0.6 is 0 Å². The number of hydrogen-bond donors (Lipinski definition) is 3. The molecule has 7 nitrogen and oxygen atoms in total. The summed E-state index contributed by atoms with van der Waals surface area (Å²) in [5, 5.41) is 28.5. The van der Waals surface area contributed by atoms with Gasteiger partial charge in [0, 0.05) is 43.4 Å². The summed E-state index contributed by atoms with van der Waals surface area (Å²) in [7, 11) is 0. The molecule has 0 unspecified atom stereocenters. The van der Waals surface area contributed by atoms with Crippen LogP contribution in [0.2, 0.25) is 0 Å². The molecule has 0 spiro atoms. The molecule has 0 aliphatic carbocycles. The molecule has 0 radical (unpaired) electrons. The third-order valence-corrected chi connectivity index (χ3v) is 3.98. The van der Waals surface area contributed by atoms with E-state index in [-0.39, 0.29) is 23.8 Å². The summed E-state index contributed by atoms with van der Waals surface area (Å²) in [6.45, 7) is 0.476. The standard InChI is InChI=1S/C18H18N2O5/c21-11-12(8-14-2-1-7-25-14)10-20-6-5-19-17(20)13-3-4-16(22)15(9-13)18(23)24/h1-7,9,12,21-22H,8,10-11H2,(H,23,24)/t12-/m1/s1. The number of nitrogens with zero attached hydrogens (tertiary/aromatic N) is 2. The summed E-state index contributed by atoms with van der Waals surface area (Å²) in [6.07, 6.45) is 5.56. The molecule has 3 aromatic rings. The number of aromatic carboxylic acids is 1. The first kappa shape index (κ1) is 16.8. The van der Waals surface area contributed by atoms with Gasteiger partial charge in [-0.1, -0.05) is 0 Å². The fourth-order valence-corrected chi connectivity index (χ4v) is 2.74. The van der Waals surface area contributed by atoms with E-state index in [0.29, 0.717) is 24.4 Å². The predicted molar refractivity (Wildman–Crippen MR) is 89.3 cm³/mol. The highest BCUT2D eigenvalue weighted by Crippen LogP contribution is 2.26. The normalized spacial score (nSPS) is 12.2. The Kier molecular flexibility index (Phi) is 4.85. The van der Waals surface area contributed by atoms with Crippen molar-refractivity contribution in [3.63, 3.8) is 0 Å². The van der Waals surface area contributed by atoms with E-state index in [9.17, 15) is 15.0 Å². The van der Waals surface area contributed by atoms with E-state index in [4.69, 9.17) is 9.52 Å². The minimum absolute atomic E-state index is 0.0196. The van der Waals surface area contributed by atoms with E-state index < -0.39 is 5.97 Å². The van der Waals surface area contributed by atoms with Crippen LogP contribution in [-0.4, -0.2) is 37.4 Å². The zero-order valence-corrected chi connectivity index (χ0v) is 13.4. The Bertz CT molecular complexity index is 854. The summed E-state index contributed by atoms with van der Waals surface area (Å²) in [5.74, 6) is -0.210. The van der Waals surface area contributed by atoms with Crippen LogP contribution in [0.5, 0.6) is 5.75 Å². The number of furan rings is 1. The van der Waals surface area contributed by atoms with Crippen molar-refractivity contribution in [3.8, 4) is 17.1 Å². The monoisotopic (exact) mass is 342 g/mol. The summed E-state index contributed by atoms with van der Waals surface area (Å²) in [5.41, 5.74) is 0.399. The number of hydrogen-bond acceptors (Lipinski definition) is 5. The van der Waals surface area contributed by atoms with Gasteiger partial charge in [0.1, 0.15) is 22.9 Å². The lowest BCUT2D eigenvalue weighted by atomic mass is 10.0. The van der Waals surface area contributed by atoms with Crippen LogP contribution in [0.1, 0.15) is 16.1 Å². The lowest BCUT2D eigenvalue weighted by molar-refractivity contribution is 0.0694. The van der Waals surface area contributed by atoms with E-state index in [2.05, 4.69) is 4.98 Å². The average molecular weight is 342 g/mol. The molecule has 3 rings (SSSR count). The van der Waals surface area contributed by atoms with Crippen molar-refractivity contribution in [3.05, 3.63) is 60.3 Å². The van der Waals surface area contributed by atoms with Gasteiger partial charge in [-0.3, -0.25) is 0 Å². The molecule has 3 N–H and O–H groups in total. The average Bonchev–Trinajstić information content (AvgIpc) is 3.26. The quantitative estimate of drug-likeness (QED) is 0.608. The number of aromatic nitrogens is 2. The van der Waals surface area contributed by atoms with Crippen molar-refractivity contribution in [2.45, 2.75) is 13.0 Å². The van der Waals surface area contributed by atoms with E-state index in [1.165, 1.54) is 12.1 Å². The highest BCUT2D eigenvalue weighted by Gasteiger charge is 2.17. The maximum absolute atomic E-state index is 11.2. The van der Waals surface area contributed by atoms with Gasteiger partial charge in [0.2, 0.25) is 0 Å². The van der Waals surface area contributed by atoms with E-state index in [1.807, 2.05) is 10.6 Å². The lowest BCUT2D eigenvalue weighted by Crippen LogP contribution is -2.17. The van der Waals surface area contributed by atoms with Crippen molar-refractivity contribution < 1.29 is 24.5 Å². The number of aromatic hydroxyl groups is 1. The Hall–Kier alpha value is -3.06. The maximum atomic E-state index is 11.2. The first-order valence-corrected chi connectivity index (χ1v) is 7.79. The van der Waals surface area contributed by atoms with Crippen LogP contribution in [0.3, 0.4) is 0 Å². The second kappa shape index (κ2) is 7.23. The molecule has 130 valence electrons. The van der Waals surface area contributed by atoms with Crippen LogP contribution < -0.4 is 0 Å². The second-order valence-corrected chi connectivity index (χ2v) is 5.77. The lowest BCUT2D eigenvalue weighted by Gasteiger charge is -2.16. The minimum Gasteiger partial charge on any atom is -0.507 e. The van der Waals surface area contributed by atoms with Gasteiger partial charge in [-0.15, -0.1) is 0 Å². The number of carboxylic acids is 1. The molecular weight excluding hydrogens is 324 g/mol. The van der Waals surface area contributed by atoms with Crippen molar-refractivity contribution >= 4 is 5.97 Å². The second-order valence-electron chi connectivity index (χ2n) is 5.77.